The molecule has 0 spiro atoms. The topological polar surface area (TPSA) is 110 Å². The summed E-state index contributed by atoms with van der Waals surface area (Å²) in [6, 6.07) is 22.9. The van der Waals surface area contributed by atoms with Crippen molar-refractivity contribution in [2.24, 2.45) is 0 Å². The van der Waals surface area contributed by atoms with Gasteiger partial charge in [0.05, 0.1) is 24.5 Å². The predicted molar refractivity (Wildman–Crippen MR) is 153 cm³/mol. The number of rotatable bonds is 12. The lowest BCUT2D eigenvalue weighted by atomic mass is 9.99. The van der Waals surface area contributed by atoms with Gasteiger partial charge in [0, 0.05) is 41.4 Å². The third-order valence-corrected chi connectivity index (χ3v) is 8.16. The maximum absolute atomic E-state index is 12.7. The second-order valence-electron chi connectivity index (χ2n) is 10.2. The molecule has 0 aliphatic heterocycles. The van der Waals surface area contributed by atoms with E-state index < -0.39 is 16.1 Å². The lowest BCUT2D eigenvalue weighted by molar-refractivity contribution is -0.139. The Hall–Kier alpha value is -3.66. The fourth-order valence-corrected chi connectivity index (χ4v) is 5.55. The van der Waals surface area contributed by atoms with Gasteiger partial charge in [-0.25, -0.2) is 8.42 Å². The van der Waals surface area contributed by atoms with E-state index in [0.29, 0.717) is 24.3 Å². The Morgan fingerprint density at radius 3 is 2.49 bits per heavy atom. The molecule has 0 amide bonds. The van der Waals surface area contributed by atoms with Crippen molar-refractivity contribution < 1.29 is 23.1 Å². The summed E-state index contributed by atoms with van der Waals surface area (Å²) in [5.41, 5.74) is 2.68. The minimum atomic E-state index is -3.72. The molecule has 1 heterocycles. The van der Waals surface area contributed by atoms with E-state index in [0.717, 1.165) is 22.9 Å². The van der Waals surface area contributed by atoms with E-state index in [1.54, 1.807) is 42.5 Å². The number of sulfonamides is 1. The number of ether oxygens (including phenoxy) is 1. The number of nitrogens with one attached hydrogen (secondary N) is 2. The first-order chi connectivity index (χ1) is 18.6. The van der Waals surface area contributed by atoms with Gasteiger partial charge in [-0.15, -0.1) is 0 Å². The van der Waals surface area contributed by atoms with Crippen molar-refractivity contribution in [3.05, 3.63) is 96.2 Å². The van der Waals surface area contributed by atoms with E-state index >= 15 is 0 Å². The number of aromatic nitrogens is 1. The molecule has 3 aromatic carbocycles. The number of carbonyl (C=O) groups is 1. The molecule has 206 valence electrons. The maximum atomic E-state index is 12.7. The second kappa shape index (κ2) is 12.0. The molecule has 39 heavy (non-hydrogen) atoms. The third-order valence-electron chi connectivity index (χ3n) is 6.76. The Morgan fingerprint density at radius 2 is 1.74 bits per heavy atom. The van der Waals surface area contributed by atoms with Crippen LogP contribution in [0.15, 0.2) is 90.0 Å². The van der Waals surface area contributed by atoms with Crippen LogP contribution in [0.25, 0.3) is 10.9 Å². The van der Waals surface area contributed by atoms with Crippen molar-refractivity contribution in [2.45, 2.75) is 49.8 Å². The van der Waals surface area contributed by atoms with Gasteiger partial charge in [-0.2, -0.15) is 0 Å². The fraction of sp³-hybridized carbons (Fsp3) is 0.300. The first kappa shape index (κ1) is 28.4. The summed E-state index contributed by atoms with van der Waals surface area (Å²) in [6.45, 7) is 5.16. The van der Waals surface area contributed by atoms with Gasteiger partial charge >= 0.3 is 5.97 Å². The highest BCUT2D eigenvalue weighted by molar-refractivity contribution is 7.92. The number of hydrogen-bond donors (Lipinski definition) is 3. The molecular formula is C30H35N3O5S. The van der Waals surface area contributed by atoms with Crippen molar-refractivity contribution in [3.63, 3.8) is 0 Å². The number of esters is 1. The lowest BCUT2D eigenvalue weighted by Gasteiger charge is -2.28. The van der Waals surface area contributed by atoms with Gasteiger partial charge in [0.15, 0.2) is 0 Å². The average Bonchev–Trinajstić information content (AvgIpc) is 3.28. The molecule has 9 heteroatoms. The molecule has 0 fully saturated rings. The van der Waals surface area contributed by atoms with Crippen LogP contribution >= 0.6 is 0 Å². The van der Waals surface area contributed by atoms with Crippen molar-refractivity contribution in [3.8, 4) is 0 Å². The Kier molecular flexibility index (Phi) is 8.74. The zero-order chi connectivity index (χ0) is 28.0. The van der Waals surface area contributed by atoms with Crippen LogP contribution in [-0.2, 0) is 32.5 Å². The molecule has 3 N–H and O–H groups in total. The van der Waals surface area contributed by atoms with Gasteiger partial charge in [0.2, 0.25) is 0 Å². The molecule has 8 nitrogen and oxygen atoms in total. The second-order valence-corrected chi connectivity index (χ2v) is 11.9. The maximum Gasteiger partial charge on any atom is 0.310 e. The first-order valence-corrected chi connectivity index (χ1v) is 14.3. The molecule has 1 aromatic heterocycles. The molecule has 0 bridgehead atoms. The van der Waals surface area contributed by atoms with Crippen LogP contribution in [0.5, 0.6) is 0 Å². The number of aliphatic hydroxyl groups is 1. The number of para-hydroxylation sites is 1. The number of carbonyl (C=O) groups excluding carboxylic acids is 1. The van der Waals surface area contributed by atoms with Gasteiger partial charge in [-0.1, -0.05) is 48.5 Å². The van der Waals surface area contributed by atoms with E-state index in [9.17, 15) is 18.3 Å². The van der Waals surface area contributed by atoms with Crippen molar-refractivity contribution >= 4 is 32.6 Å². The van der Waals surface area contributed by atoms with Crippen LogP contribution in [0.2, 0.25) is 0 Å². The molecule has 4 aromatic rings. The third kappa shape index (κ3) is 7.26. The van der Waals surface area contributed by atoms with Gasteiger partial charge in [0.1, 0.15) is 0 Å². The SMILES string of the molecule is COC(=O)Cc1cn(CCC(C)(C)NC[C@H](O)c2cccc(NS(=O)(=O)c3ccccc3)c2)c2ccccc12. The molecule has 0 aliphatic carbocycles. The predicted octanol–water partition coefficient (Wildman–Crippen LogP) is 4.65. The van der Waals surface area contributed by atoms with Gasteiger partial charge in [-0.05, 0) is 61.7 Å². The highest BCUT2D eigenvalue weighted by atomic mass is 32.2. The fourth-order valence-electron chi connectivity index (χ4n) is 4.48. The zero-order valence-electron chi connectivity index (χ0n) is 22.4. The Balaban J connectivity index is 1.38. The summed E-state index contributed by atoms with van der Waals surface area (Å²) in [5.74, 6) is -0.272. The monoisotopic (exact) mass is 549 g/mol. The lowest BCUT2D eigenvalue weighted by Crippen LogP contribution is -2.42. The van der Waals surface area contributed by atoms with E-state index in [1.807, 2.05) is 30.5 Å². The highest BCUT2D eigenvalue weighted by Gasteiger charge is 2.21. The summed E-state index contributed by atoms with van der Waals surface area (Å²) in [4.78, 5) is 12.0. The van der Waals surface area contributed by atoms with Gasteiger partial charge in [0.25, 0.3) is 10.0 Å². The minimum absolute atomic E-state index is 0.173. The van der Waals surface area contributed by atoms with Crippen LogP contribution in [0.1, 0.15) is 37.5 Å². The van der Waals surface area contributed by atoms with Crippen molar-refractivity contribution in [1.29, 1.82) is 0 Å². The van der Waals surface area contributed by atoms with Crippen LogP contribution in [-0.4, -0.2) is 43.3 Å². The molecule has 0 radical (unpaired) electrons. The van der Waals surface area contributed by atoms with E-state index in [4.69, 9.17) is 4.74 Å². The zero-order valence-corrected chi connectivity index (χ0v) is 23.2. The van der Waals surface area contributed by atoms with Crippen LogP contribution < -0.4 is 10.0 Å². The van der Waals surface area contributed by atoms with Crippen molar-refractivity contribution in [2.75, 3.05) is 18.4 Å². The number of hydrogen-bond acceptors (Lipinski definition) is 6. The van der Waals surface area contributed by atoms with E-state index in [1.165, 1.54) is 19.2 Å². The molecule has 0 aliphatic rings. The number of aryl methyl sites for hydroxylation is 1. The number of β-amino-alcohol motifs (C(OH)–C–C–N with tert-alkyl or cyclic N) is 1. The number of nitrogens with zero attached hydrogens (tertiary/aromatic N) is 1. The average molecular weight is 550 g/mol. The van der Waals surface area contributed by atoms with Gasteiger partial charge < -0.3 is 19.7 Å². The van der Waals surface area contributed by atoms with E-state index in [-0.39, 0.29) is 22.8 Å². The highest BCUT2D eigenvalue weighted by Crippen LogP contribution is 2.25. The largest absolute Gasteiger partial charge is 0.469 e. The number of benzene rings is 3. The molecule has 0 unspecified atom stereocenters. The number of anilines is 1. The normalized spacial score (nSPS) is 12.8. The molecule has 0 saturated heterocycles. The van der Waals surface area contributed by atoms with E-state index in [2.05, 4.69) is 28.5 Å². The molecule has 0 saturated carbocycles. The standard InChI is InChI=1S/C30H35N3O5S/c1-30(2,16-17-33-21-23(19-29(35)38-3)26-14-7-8-15-27(26)33)31-20-28(34)22-10-9-11-24(18-22)32-39(36,37)25-12-5-4-6-13-25/h4-15,18,21,28,31-32,34H,16-17,19-20H2,1-3H3/t28-/m0/s1. The number of methoxy groups -OCH3 is 1. The quantitative estimate of drug-likeness (QED) is 0.222. The summed E-state index contributed by atoms with van der Waals surface area (Å²) >= 11 is 0. The summed E-state index contributed by atoms with van der Waals surface area (Å²) in [5, 5.41) is 15.3. The summed E-state index contributed by atoms with van der Waals surface area (Å²) in [7, 11) is -2.33. The smallest absolute Gasteiger partial charge is 0.310 e. The molecular weight excluding hydrogens is 514 g/mol. The summed E-state index contributed by atoms with van der Waals surface area (Å²) < 4.78 is 34.9. The van der Waals surface area contributed by atoms with Crippen LogP contribution in [0, 0.1) is 0 Å². The van der Waals surface area contributed by atoms with Crippen LogP contribution in [0.4, 0.5) is 5.69 Å². The van der Waals surface area contributed by atoms with Crippen molar-refractivity contribution in [1.82, 2.24) is 9.88 Å². The minimum Gasteiger partial charge on any atom is -0.469 e. The summed E-state index contributed by atoms with van der Waals surface area (Å²) in [6.07, 6.45) is 2.17. The Morgan fingerprint density at radius 1 is 1.03 bits per heavy atom. The Labute approximate surface area is 229 Å². The Bertz CT molecular complexity index is 1530. The van der Waals surface area contributed by atoms with Crippen LogP contribution in [0.3, 0.4) is 0 Å². The number of aliphatic hydroxyl groups excluding tert-OH is 1. The molecule has 4 rings (SSSR count). The van der Waals surface area contributed by atoms with Gasteiger partial charge in [-0.3, -0.25) is 9.52 Å². The first-order valence-electron chi connectivity index (χ1n) is 12.8. The number of fused-ring (bicyclic) bond motifs is 1. The molecule has 1 atom stereocenters.